The highest BCUT2D eigenvalue weighted by molar-refractivity contribution is 5.87. The molecule has 4 heterocycles. The van der Waals surface area contributed by atoms with E-state index in [-0.39, 0.29) is 37.3 Å². The standard InChI is InChI=1S/C39H48N8O8/c1-20(2)32(44-38(52)53)36(50)46-18-26(48)14-30(46)34-40-16-28(42-34)24-10-6-22(7-11-24)23-8-12-25(13-9-23)29-17-41-35(43-29)31-15-27(49)19-47(31)37(51)33(21(3)4)45-39(54)55-5/h6-13,16-17,20-21,26-27,30-33,44,48-49H,14-15,18-19H2,1-5H3,(H,40,42)(H,41,43)(H,45,54)(H,52,53)/t26-,27-,30+,31+,32+,33+/m1/s1. The number of nitrogens with zero attached hydrogens (tertiary/aromatic N) is 4. The summed E-state index contributed by atoms with van der Waals surface area (Å²) in [5.41, 5.74) is 5.21. The number of carbonyl (C=O) groups is 4. The van der Waals surface area contributed by atoms with E-state index in [1.54, 1.807) is 31.1 Å². The monoisotopic (exact) mass is 756 g/mol. The van der Waals surface area contributed by atoms with Gasteiger partial charge in [0.1, 0.15) is 23.7 Å². The minimum atomic E-state index is -1.28. The molecule has 4 aromatic rings. The number of carboxylic acid groups (broad SMARTS) is 1. The number of nitrogens with one attached hydrogen (secondary N) is 4. The zero-order valence-corrected chi connectivity index (χ0v) is 31.4. The van der Waals surface area contributed by atoms with Crippen LogP contribution in [0.25, 0.3) is 33.6 Å². The van der Waals surface area contributed by atoms with E-state index in [0.29, 0.717) is 18.1 Å². The maximum Gasteiger partial charge on any atom is 0.407 e. The SMILES string of the molecule is COC(=O)N[C@H](C(=O)N1C[C@H](O)C[C@H]1c1ncc(-c2ccc(-c3ccc(-c4cnc([C@@H]5C[C@@H](O)CN5C(=O)[C@@H](NC(=O)O)C(C)C)[nH]4)cc3)cc2)[nH]1)C(C)C. The number of hydrogen-bond donors (Lipinski definition) is 7. The largest absolute Gasteiger partial charge is 0.465 e. The zero-order valence-electron chi connectivity index (χ0n) is 31.4. The van der Waals surface area contributed by atoms with E-state index < -0.39 is 54.5 Å². The number of methoxy groups -OCH3 is 1. The molecule has 0 aliphatic carbocycles. The van der Waals surface area contributed by atoms with E-state index in [2.05, 4.69) is 30.6 Å². The third kappa shape index (κ3) is 8.49. The molecule has 2 saturated heterocycles. The number of likely N-dealkylation sites (tertiary alicyclic amines) is 2. The number of amides is 4. The van der Waals surface area contributed by atoms with Crippen molar-refractivity contribution in [2.45, 2.75) is 76.9 Å². The van der Waals surface area contributed by atoms with E-state index in [0.717, 1.165) is 33.6 Å². The highest BCUT2D eigenvalue weighted by atomic mass is 16.5. The number of aromatic nitrogens is 4. The number of ether oxygens (including phenoxy) is 1. The summed E-state index contributed by atoms with van der Waals surface area (Å²) >= 11 is 0. The topological polar surface area (TPSA) is 226 Å². The summed E-state index contributed by atoms with van der Waals surface area (Å²) in [6.45, 7) is 7.39. The van der Waals surface area contributed by atoms with Gasteiger partial charge in [0, 0.05) is 25.9 Å². The molecule has 55 heavy (non-hydrogen) atoms. The molecule has 0 radical (unpaired) electrons. The Morgan fingerprint density at radius 3 is 1.44 bits per heavy atom. The van der Waals surface area contributed by atoms with Gasteiger partial charge in [0.05, 0.1) is 55.2 Å². The Morgan fingerprint density at radius 1 is 0.691 bits per heavy atom. The third-order valence-electron chi connectivity index (χ3n) is 10.3. The number of rotatable bonds is 11. The Bertz CT molecular complexity index is 1990. The van der Waals surface area contributed by atoms with Crippen molar-refractivity contribution in [1.29, 1.82) is 0 Å². The minimum Gasteiger partial charge on any atom is -0.465 e. The van der Waals surface area contributed by atoms with Gasteiger partial charge >= 0.3 is 12.2 Å². The number of aromatic amines is 2. The summed E-state index contributed by atoms with van der Waals surface area (Å²) in [5.74, 6) is -0.158. The molecule has 16 heteroatoms. The van der Waals surface area contributed by atoms with Gasteiger partial charge in [-0.05, 0) is 34.1 Å². The summed E-state index contributed by atoms with van der Waals surface area (Å²) in [5, 5.41) is 35.2. The van der Waals surface area contributed by atoms with Crippen molar-refractivity contribution >= 4 is 24.0 Å². The van der Waals surface area contributed by atoms with Crippen molar-refractivity contribution in [3.63, 3.8) is 0 Å². The molecule has 2 aliphatic rings. The molecule has 0 bridgehead atoms. The van der Waals surface area contributed by atoms with E-state index in [1.807, 2.05) is 62.4 Å². The Balaban J connectivity index is 1.13. The fourth-order valence-electron chi connectivity index (χ4n) is 7.33. The summed E-state index contributed by atoms with van der Waals surface area (Å²) in [6, 6.07) is 13.1. The fraction of sp³-hybridized carbons (Fsp3) is 0.436. The summed E-state index contributed by atoms with van der Waals surface area (Å²) in [4.78, 5) is 69.0. The lowest BCUT2D eigenvalue weighted by Crippen LogP contribution is -2.51. The molecule has 2 aliphatic heterocycles. The van der Waals surface area contributed by atoms with Crippen LogP contribution >= 0.6 is 0 Å². The Kier molecular flexibility index (Phi) is 11.6. The van der Waals surface area contributed by atoms with Gasteiger partial charge in [-0.15, -0.1) is 0 Å². The van der Waals surface area contributed by atoms with Crippen LogP contribution < -0.4 is 10.6 Å². The second-order valence-corrected chi connectivity index (χ2v) is 14.8. The van der Waals surface area contributed by atoms with Gasteiger partial charge in [-0.1, -0.05) is 76.2 Å². The van der Waals surface area contributed by atoms with Gasteiger partial charge in [-0.3, -0.25) is 9.59 Å². The maximum absolute atomic E-state index is 13.5. The Morgan fingerprint density at radius 2 is 1.07 bits per heavy atom. The molecule has 2 aromatic heterocycles. The van der Waals surface area contributed by atoms with E-state index in [4.69, 9.17) is 4.74 Å². The van der Waals surface area contributed by atoms with Gasteiger partial charge in [-0.2, -0.15) is 0 Å². The van der Waals surface area contributed by atoms with Crippen molar-refractivity contribution in [1.82, 2.24) is 40.4 Å². The van der Waals surface area contributed by atoms with Crippen LogP contribution in [0.15, 0.2) is 60.9 Å². The van der Waals surface area contributed by atoms with Crippen molar-refractivity contribution in [2.75, 3.05) is 20.2 Å². The second kappa shape index (κ2) is 16.3. The lowest BCUT2D eigenvalue weighted by molar-refractivity contribution is -0.136. The van der Waals surface area contributed by atoms with Crippen LogP contribution in [0.5, 0.6) is 0 Å². The zero-order chi connectivity index (χ0) is 39.6. The third-order valence-corrected chi connectivity index (χ3v) is 10.3. The summed E-state index contributed by atoms with van der Waals surface area (Å²) in [7, 11) is 1.24. The molecule has 2 fully saturated rings. The number of β-amino-alcohol motifs (C(OH)–C–C–N with tert-alkyl or cyclic N) is 2. The first kappa shape index (κ1) is 39.0. The van der Waals surface area contributed by atoms with Gasteiger partial charge in [0.25, 0.3) is 0 Å². The van der Waals surface area contributed by atoms with Gasteiger partial charge in [-0.25, -0.2) is 19.6 Å². The van der Waals surface area contributed by atoms with E-state index in [9.17, 15) is 34.5 Å². The molecule has 0 spiro atoms. The first-order valence-corrected chi connectivity index (χ1v) is 18.4. The molecule has 292 valence electrons. The number of aliphatic hydroxyl groups excluding tert-OH is 2. The van der Waals surface area contributed by atoms with Crippen molar-refractivity contribution in [3.05, 3.63) is 72.6 Å². The average molecular weight is 757 g/mol. The maximum atomic E-state index is 13.5. The molecule has 6 rings (SSSR count). The highest BCUT2D eigenvalue weighted by Gasteiger charge is 2.42. The molecule has 7 N–H and O–H groups in total. The van der Waals surface area contributed by atoms with Crippen LogP contribution in [0.4, 0.5) is 9.59 Å². The quantitative estimate of drug-likeness (QED) is 0.116. The molecule has 4 amide bonds. The van der Waals surface area contributed by atoms with E-state index >= 15 is 0 Å². The summed E-state index contributed by atoms with van der Waals surface area (Å²) in [6.07, 6.45) is 0.500. The fourth-order valence-corrected chi connectivity index (χ4v) is 7.33. The predicted octanol–water partition coefficient (Wildman–Crippen LogP) is 4.08. The van der Waals surface area contributed by atoms with Crippen molar-refractivity contribution in [2.24, 2.45) is 11.8 Å². The average Bonchev–Trinajstić information content (AvgIpc) is 3.98. The summed E-state index contributed by atoms with van der Waals surface area (Å²) < 4.78 is 4.71. The Hall–Kier alpha value is -5.74. The van der Waals surface area contributed by atoms with Crippen LogP contribution in [0, 0.1) is 11.8 Å². The van der Waals surface area contributed by atoms with Crippen LogP contribution in [-0.4, -0.2) is 114 Å². The molecule has 0 unspecified atom stereocenters. The molecular formula is C39H48N8O8. The Labute approximate surface area is 318 Å². The number of hydrogen-bond acceptors (Lipinski definition) is 9. The molecular weight excluding hydrogens is 708 g/mol. The second-order valence-electron chi connectivity index (χ2n) is 14.8. The van der Waals surface area contributed by atoms with Crippen LogP contribution in [0.3, 0.4) is 0 Å². The number of alkyl carbamates (subject to hydrolysis) is 1. The van der Waals surface area contributed by atoms with Crippen molar-refractivity contribution < 1.29 is 39.2 Å². The van der Waals surface area contributed by atoms with Gasteiger partial charge in [0.15, 0.2) is 0 Å². The molecule has 0 saturated carbocycles. The smallest absolute Gasteiger partial charge is 0.407 e. The molecule has 2 aromatic carbocycles. The number of H-pyrrole nitrogens is 2. The highest BCUT2D eigenvalue weighted by Crippen LogP contribution is 2.35. The van der Waals surface area contributed by atoms with E-state index in [1.165, 1.54) is 12.0 Å². The van der Waals surface area contributed by atoms with Crippen molar-refractivity contribution in [3.8, 4) is 33.6 Å². The van der Waals surface area contributed by atoms with Gasteiger partial charge < -0.3 is 50.5 Å². The lowest BCUT2D eigenvalue weighted by atomic mass is 10.0. The number of carbonyl (C=O) groups excluding carboxylic acids is 3. The minimum absolute atomic E-state index is 0.0832. The predicted molar refractivity (Wildman–Crippen MR) is 201 cm³/mol. The lowest BCUT2D eigenvalue weighted by Gasteiger charge is -2.29. The number of imidazole rings is 2. The molecule has 16 nitrogen and oxygen atoms in total. The normalized spacial score (nSPS) is 20.8. The first-order valence-electron chi connectivity index (χ1n) is 18.4. The molecule has 6 atom stereocenters. The first-order chi connectivity index (χ1) is 26.2. The number of aliphatic hydroxyl groups is 2. The van der Waals surface area contributed by atoms with Crippen LogP contribution in [-0.2, 0) is 14.3 Å². The van der Waals surface area contributed by atoms with Gasteiger partial charge in [0.2, 0.25) is 11.8 Å². The van der Waals surface area contributed by atoms with Crippen LogP contribution in [0.1, 0.15) is 64.3 Å². The van der Waals surface area contributed by atoms with Crippen LogP contribution in [0.2, 0.25) is 0 Å². The number of benzene rings is 2.